The second-order valence-electron chi connectivity index (χ2n) is 7.87. The van der Waals surface area contributed by atoms with Crippen LogP contribution in [0.4, 0.5) is 0 Å². The van der Waals surface area contributed by atoms with E-state index in [0.29, 0.717) is 25.9 Å². The molecule has 2 rings (SSSR count). The molecule has 0 aliphatic carbocycles. The van der Waals surface area contributed by atoms with E-state index in [0.717, 1.165) is 35.5 Å². The van der Waals surface area contributed by atoms with E-state index in [4.69, 9.17) is 0 Å². The zero-order valence-electron chi connectivity index (χ0n) is 19.1. The van der Waals surface area contributed by atoms with Gasteiger partial charge in [0.05, 0.1) is 0 Å². The number of rotatable bonds is 13. The van der Waals surface area contributed by atoms with Crippen LogP contribution in [0.25, 0.3) is 0 Å². The fourth-order valence-corrected chi connectivity index (χ4v) is 4.39. The number of nitrogens with one attached hydrogen (secondary N) is 1. The number of amides is 2. The van der Waals surface area contributed by atoms with Crippen molar-refractivity contribution in [3.63, 3.8) is 0 Å². The highest BCUT2D eigenvalue weighted by atomic mass is 32.2. The van der Waals surface area contributed by atoms with Crippen molar-refractivity contribution < 1.29 is 9.59 Å². The average molecular weight is 441 g/mol. The molecule has 2 aromatic rings. The third kappa shape index (κ3) is 8.78. The summed E-state index contributed by atoms with van der Waals surface area (Å²) in [4.78, 5) is 27.8. The molecule has 0 saturated carbocycles. The molecule has 1 unspecified atom stereocenters. The average Bonchev–Trinajstić information content (AvgIpc) is 2.77. The number of unbranched alkanes of at least 4 members (excludes halogenated alkanes) is 1. The molecule has 168 valence electrons. The molecule has 2 amide bonds. The molecule has 0 aliphatic heterocycles. The van der Waals surface area contributed by atoms with Crippen LogP contribution in [0.5, 0.6) is 0 Å². The van der Waals surface area contributed by atoms with Crippen LogP contribution >= 0.6 is 11.8 Å². The summed E-state index contributed by atoms with van der Waals surface area (Å²) in [5.41, 5.74) is 3.48. The van der Waals surface area contributed by atoms with Crippen molar-refractivity contribution in [3.05, 3.63) is 71.3 Å². The van der Waals surface area contributed by atoms with Gasteiger partial charge in [-0.25, -0.2) is 0 Å². The van der Waals surface area contributed by atoms with Gasteiger partial charge in [-0.05, 0) is 30.9 Å². The van der Waals surface area contributed by atoms with E-state index in [9.17, 15) is 9.59 Å². The van der Waals surface area contributed by atoms with E-state index in [2.05, 4.69) is 30.4 Å². The van der Waals surface area contributed by atoms with Crippen LogP contribution in [-0.4, -0.2) is 35.1 Å². The minimum atomic E-state index is -0.441. The highest BCUT2D eigenvalue weighted by Crippen LogP contribution is 2.18. The van der Waals surface area contributed by atoms with Crippen molar-refractivity contribution >= 4 is 23.6 Å². The Bertz CT molecular complexity index is 810. The first kappa shape index (κ1) is 25.0. The van der Waals surface area contributed by atoms with Gasteiger partial charge in [-0.15, -0.1) is 0 Å². The van der Waals surface area contributed by atoms with Crippen molar-refractivity contribution in [3.8, 4) is 0 Å². The zero-order valence-corrected chi connectivity index (χ0v) is 19.9. The van der Waals surface area contributed by atoms with Gasteiger partial charge in [0.15, 0.2) is 0 Å². The molecule has 0 radical (unpaired) electrons. The van der Waals surface area contributed by atoms with Crippen LogP contribution in [0.2, 0.25) is 0 Å². The van der Waals surface area contributed by atoms with E-state index >= 15 is 0 Å². The maximum Gasteiger partial charge on any atom is 0.242 e. The van der Waals surface area contributed by atoms with Gasteiger partial charge in [0.25, 0.3) is 0 Å². The first-order valence-corrected chi connectivity index (χ1v) is 12.4. The number of hydrogen-bond donors (Lipinski definition) is 1. The van der Waals surface area contributed by atoms with Gasteiger partial charge in [-0.3, -0.25) is 9.59 Å². The normalized spacial score (nSPS) is 11.7. The maximum atomic E-state index is 13.2. The summed E-state index contributed by atoms with van der Waals surface area (Å²) in [5, 5.41) is 3.02. The van der Waals surface area contributed by atoms with E-state index < -0.39 is 6.04 Å². The lowest BCUT2D eigenvalue weighted by molar-refractivity contribution is -0.141. The first-order valence-electron chi connectivity index (χ1n) is 11.3. The van der Waals surface area contributed by atoms with Crippen molar-refractivity contribution in [2.45, 2.75) is 64.8 Å². The molecule has 4 nitrogen and oxygen atoms in total. The van der Waals surface area contributed by atoms with Gasteiger partial charge < -0.3 is 10.2 Å². The van der Waals surface area contributed by atoms with Gasteiger partial charge in [0.2, 0.25) is 11.8 Å². The van der Waals surface area contributed by atoms with E-state index in [1.807, 2.05) is 50.2 Å². The second kappa shape index (κ2) is 13.9. The lowest BCUT2D eigenvalue weighted by Crippen LogP contribution is -2.49. The van der Waals surface area contributed by atoms with Crippen molar-refractivity contribution in [2.75, 3.05) is 12.3 Å². The SMILES string of the molecule is CCCCNC(=O)C(CC)N(Cc1cccc(C)c1)C(=O)CCSCc1ccccc1. The molecule has 0 aromatic heterocycles. The highest BCUT2D eigenvalue weighted by Gasteiger charge is 2.28. The molecule has 0 heterocycles. The Labute approximate surface area is 191 Å². The predicted octanol–water partition coefficient (Wildman–Crippen LogP) is 5.34. The molecule has 31 heavy (non-hydrogen) atoms. The Morgan fingerprint density at radius 3 is 2.45 bits per heavy atom. The van der Waals surface area contributed by atoms with Crippen molar-refractivity contribution in [1.29, 1.82) is 0 Å². The standard InChI is InChI=1S/C26H36N2O2S/c1-4-6-16-27-26(30)24(5-2)28(19-23-14-10-11-21(3)18-23)25(29)15-17-31-20-22-12-8-7-9-13-22/h7-14,18,24H,4-6,15-17,19-20H2,1-3H3,(H,27,30). The number of carbonyl (C=O) groups is 2. The third-order valence-corrected chi connectivity index (χ3v) is 6.25. The summed E-state index contributed by atoms with van der Waals surface area (Å²) in [5.74, 6) is 1.63. The molecular formula is C26H36N2O2S. The molecule has 1 atom stereocenters. The molecule has 0 spiro atoms. The van der Waals surface area contributed by atoms with Crippen LogP contribution in [0.1, 0.15) is 56.2 Å². The lowest BCUT2D eigenvalue weighted by Gasteiger charge is -2.31. The summed E-state index contributed by atoms with van der Waals surface area (Å²) >= 11 is 1.76. The van der Waals surface area contributed by atoms with Crippen LogP contribution in [-0.2, 0) is 21.9 Å². The van der Waals surface area contributed by atoms with Crippen molar-refractivity contribution in [2.24, 2.45) is 0 Å². The monoisotopic (exact) mass is 440 g/mol. The van der Waals surface area contributed by atoms with Gasteiger partial charge >= 0.3 is 0 Å². The van der Waals surface area contributed by atoms with Crippen LogP contribution in [0.3, 0.4) is 0 Å². The molecule has 0 fully saturated rings. The number of carbonyl (C=O) groups excluding carboxylic acids is 2. The Morgan fingerprint density at radius 2 is 1.77 bits per heavy atom. The molecule has 1 N–H and O–H groups in total. The van der Waals surface area contributed by atoms with Crippen LogP contribution in [0, 0.1) is 6.92 Å². The topological polar surface area (TPSA) is 49.4 Å². The zero-order chi connectivity index (χ0) is 22.5. The lowest BCUT2D eigenvalue weighted by atomic mass is 10.1. The van der Waals surface area contributed by atoms with Gasteiger partial charge in [-0.1, -0.05) is 80.4 Å². The summed E-state index contributed by atoms with van der Waals surface area (Å²) in [6.45, 7) is 7.24. The quantitative estimate of drug-likeness (QED) is 0.428. The third-order valence-electron chi connectivity index (χ3n) is 5.22. The van der Waals surface area contributed by atoms with E-state index in [1.54, 1.807) is 16.7 Å². The number of aryl methyl sites for hydroxylation is 1. The summed E-state index contributed by atoms with van der Waals surface area (Å²) in [6.07, 6.45) is 3.01. The molecule has 0 aliphatic rings. The number of hydrogen-bond acceptors (Lipinski definition) is 3. The molecule has 0 bridgehead atoms. The minimum absolute atomic E-state index is 0.0413. The Balaban J connectivity index is 2.03. The molecule has 0 saturated heterocycles. The van der Waals surface area contributed by atoms with E-state index in [-0.39, 0.29) is 11.8 Å². The van der Waals surface area contributed by atoms with Gasteiger partial charge in [0, 0.05) is 31.0 Å². The van der Waals surface area contributed by atoms with E-state index in [1.165, 1.54) is 5.56 Å². The minimum Gasteiger partial charge on any atom is -0.354 e. The Hall–Kier alpha value is -2.27. The fraction of sp³-hybridized carbons (Fsp3) is 0.462. The summed E-state index contributed by atoms with van der Waals surface area (Å²) in [7, 11) is 0. The largest absolute Gasteiger partial charge is 0.354 e. The smallest absolute Gasteiger partial charge is 0.242 e. The molecule has 2 aromatic carbocycles. The van der Waals surface area contributed by atoms with Crippen LogP contribution < -0.4 is 5.32 Å². The number of nitrogens with zero attached hydrogens (tertiary/aromatic N) is 1. The van der Waals surface area contributed by atoms with Crippen LogP contribution in [0.15, 0.2) is 54.6 Å². The van der Waals surface area contributed by atoms with Crippen molar-refractivity contribution in [1.82, 2.24) is 10.2 Å². The predicted molar refractivity (Wildman–Crippen MR) is 131 cm³/mol. The van der Waals surface area contributed by atoms with Gasteiger partial charge in [-0.2, -0.15) is 11.8 Å². The maximum absolute atomic E-state index is 13.2. The summed E-state index contributed by atoms with van der Waals surface area (Å²) < 4.78 is 0. The molecule has 5 heteroatoms. The Morgan fingerprint density at radius 1 is 1.03 bits per heavy atom. The second-order valence-corrected chi connectivity index (χ2v) is 8.97. The highest BCUT2D eigenvalue weighted by molar-refractivity contribution is 7.98. The number of benzene rings is 2. The number of thioether (sulfide) groups is 1. The summed E-state index contributed by atoms with van der Waals surface area (Å²) in [6, 6.07) is 18.0. The molecular weight excluding hydrogens is 404 g/mol. The first-order chi connectivity index (χ1) is 15.0. The van der Waals surface area contributed by atoms with Gasteiger partial charge in [0.1, 0.15) is 6.04 Å². The Kier molecular flexibility index (Phi) is 11.2. The fourth-order valence-electron chi connectivity index (χ4n) is 3.50.